The van der Waals surface area contributed by atoms with E-state index in [1.807, 2.05) is 49.8 Å². The predicted octanol–water partition coefficient (Wildman–Crippen LogP) is 5.61. The summed E-state index contributed by atoms with van der Waals surface area (Å²) in [6, 6.07) is 8.15. The van der Waals surface area contributed by atoms with Gasteiger partial charge in [0.25, 0.3) is 0 Å². The molecule has 3 aliphatic rings. The minimum Gasteiger partial charge on any atom is -0.444 e. The van der Waals surface area contributed by atoms with Gasteiger partial charge in [-0.15, -0.1) is 5.10 Å². The molecule has 11 nitrogen and oxygen atoms in total. The second-order valence-electron chi connectivity index (χ2n) is 13.4. The molecule has 1 N–H and O–H groups in total. The van der Waals surface area contributed by atoms with E-state index >= 15 is 0 Å². The average Bonchev–Trinajstić information content (AvgIpc) is 3.38. The van der Waals surface area contributed by atoms with E-state index in [0.717, 1.165) is 98.6 Å². The van der Waals surface area contributed by atoms with E-state index in [1.165, 1.54) is 0 Å². The normalized spacial score (nSPS) is 20.4. The third-order valence-electron chi connectivity index (χ3n) is 8.74. The molecular formula is C32H42N8O3. The van der Waals surface area contributed by atoms with Gasteiger partial charge in [0.15, 0.2) is 23.2 Å². The van der Waals surface area contributed by atoms with Crippen molar-refractivity contribution in [2.24, 2.45) is 5.41 Å². The molecule has 1 unspecified atom stereocenters. The summed E-state index contributed by atoms with van der Waals surface area (Å²) in [5, 5.41) is 17.5. The molecule has 0 radical (unpaired) electrons. The van der Waals surface area contributed by atoms with Crippen LogP contribution >= 0.6 is 0 Å². The molecule has 0 spiro atoms. The third-order valence-corrected chi connectivity index (χ3v) is 8.74. The lowest BCUT2D eigenvalue weighted by atomic mass is 9.80. The fraction of sp³-hybridized carbons (Fsp3) is 0.594. The minimum absolute atomic E-state index is 0.0249. The Balaban J connectivity index is 1.25. The fourth-order valence-corrected chi connectivity index (χ4v) is 6.28. The van der Waals surface area contributed by atoms with Crippen molar-refractivity contribution in [3.8, 4) is 6.07 Å². The van der Waals surface area contributed by atoms with Crippen LogP contribution in [0.5, 0.6) is 0 Å². The Kier molecular flexibility index (Phi) is 7.90. The Morgan fingerprint density at radius 1 is 1.21 bits per heavy atom. The molecule has 3 aromatic rings. The van der Waals surface area contributed by atoms with Crippen molar-refractivity contribution in [2.75, 3.05) is 42.6 Å². The van der Waals surface area contributed by atoms with Gasteiger partial charge in [0.05, 0.1) is 17.8 Å². The van der Waals surface area contributed by atoms with Gasteiger partial charge in [-0.1, -0.05) is 6.92 Å². The predicted molar refractivity (Wildman–Crippen MR) is 164 cm³/mol. The lowest BCUT2D eigenvalue weighted by Crippen LogP contribution is -2.46. The van der Waals surface area contributed by atoms with Gasteiger partial charge >= 0.3 is 6.09 Å². The topological polar surface area (TPSA) is 121 Å². The number of carbonyl (C=O) groups excluding carboxylic acids is 1. The number of nitriles is 1. The van der Waals surface area contributed by atoms with Crippen LogP contribution in [-0.2, 0) is 15.9 Å². The number of carbonyl (C=O) groups is 1. The van der Waals surface area contributed by atoms with Crippen LogP contribution in [0.15, 0.2) is 24.4 Å². The molecule has 3 aliphatic heterocycles. The van der Waals surface area contributed by atoms with E-state index in [2.05, 4.69) is 28.1 Å². The van der Waals surface area contributed by atoms with Crippen molar-refractivity contribution in [1.29, 1.82) is 5.26 Å². The number of alkyl carbamates (subject to hydrolysis) is 1. The van der Waals surface area contributed by atoms with Crippen molar-refractivity contribution in [3.05, 3.63) is 35.5 Å². The number of hydrogen-bond acceptors (Lipinski definition) is 9. The lowest BCUT2D eigenvalue weighted by molar-refractivity contribution is -0.0368. The standard InChI is InChI=1S/C32H42N8O3/c1-31(2,3)43-30(41)35-21-32(4)12-15-38(16-13-32)25-20-34-27-28(36-25)40(26-9-5-6-17-42-26)37-29(27)39-14-7-8-23-18-22(19-33)10-11-24(23)39/h10-11,18,20,26H,5-9,12-17,21H2,1-4H3,(H,35,41). The molecule has 0 bridgehead atoms. The molecule has 5 heterocycles. The van der Waals surface area contributed by atoms with Crippen molar-refractivity contribution >= 4 is 34.6 Å². The van der Waals surface area contributed by atoms with E-state index in [4.69, 9.17) is 24.5 Å². The number of piperidine rings is 1. The Hall–Kier alpha value is -3.91. The van der Waals surface area contributed by atoms with Gasteiger partial charge in [0.1, 0.15) is 11.4 Å². The summed E-state index contributed by atoms with van der Waals surface area (Å²) in [4.78, 5) is 26.9. The van der Waals surface area contributed by atoms with Crippen LogP contribution in [0.2, 0.25) is 0 Å². The highest BCUT2D eigenvalue weighted by Crippen LogP contribution is 2.39. The van der Waals surface area contributed by atoms with Gasteiger partial charge in [-0.3, -0.25) is 0 Å². The second kappa shape index (κ2) is 11.6. The number of aryl methyl sites for hydroxylation is 1. The second-order valence-corrected chi connectivity index (χ2v) is 13.4. The van der Waals surface area contributed by atoms with E-state index < -0.39 is 5.60 Å². The molecule has 228 valence electrons. The summed E-state index contributed by atoms with van der Waals surface area (Å²) in [6.45, 7) is 11.6. The number of nitrogens with zero attached hydrogens (tertiary/aromatic N) is 7. The molecule has 0 saturated carbocycles. The number of hydrogen-bond donors (Lipinski definition) is 1. The number of rotatable bonds is 5. The van der Waals surface area contributed by atoms with Crippen molar-refractivity contribution < 1.29 is 14.3 Å². The summed E-state index contributed by atoms with van der Waals surface area (Å²) in [7, 11) is 0. The highest BCUT2D eigenvalue weighted by molar-refractivity contribution is 5.88. The molecule has 6 rings (SSSR count). The summed E-state index contributed by atoms with van der Waals surface area (Å²) < 4.78 is 13.6. The molecule has 1 aromatic carbocycles. The van der Waals surface area contributed by atoms with Crippen LogP contribution in [0.4, 0.5) is 22.1 Å². The largest absolute Gasteiger partial charge is 0.444 e. The van der Waals surface area contributed by atoms with Crippen molar-refractivity contribution in [2.45, 2.75) is 84.5 Å². The van der Waals surface area contributed by atoms with Crippen molar-refractivity contribution in [3.63, 3.8) is 0 Å². The van der Waals surface area contributed by atoms with Crippen LogP contribution in [0, 0.1) is 16.7 Å². The first-order valence-electron chi connectivity index (χ1n) is 15.5. The third kappa shape index (κ3) is 6.25. The van der Waals surface area contributed by atoms with E-state index in [9.17, 15) is 10.1 Å². The highest BCUT2D eigenvalue weighted by Gasteiger charge is 2.33. The lowest BCUT2D eigenvalue weighted by Gasteiger charge is -2.40. The van der Waals surface area contributed by atoms with Gasteiger partial charge in [0, 0.05) is 38.5 Å². The van der Waals surface area contributed by atoms with Crippen LogP contribution in [0.25, 0.3) is 11.2 Å². The first-order chi connectivity index (χ1) is 20.6. The maximum Gasteiger partial charge on any atom is 0.407 e. The molecule has 0 aliphatic carbocycles. The highest BCUT2D eigenvalue weighted by atomic mass is 16.6. The van der Waals surface area contributed by atoms with Crippen LogP contribution < -0.4 is 15.1 Å². The maximum absolute atomic E-state index is 12.2. The van der Waals surface area contributed by atoms with E-state index in [1.54, 1.807) is 0 Å². The maximum atomic E-state index is 12.2. The minimum atomic E-state index is -0.515. The first kappa shape index (κ1) is 29.2. The van der Waals surface area contributed by atoms with Crippen molar-refractivity contribution in [1.82, 2.24) is 25.1 Å². The fourth-order valence-electron chi connectivity index (χ4n) is 6.28. The SMILES string of the molecule is CC1(CNC(=O)OC(C)(C)C)CCN(c2cnc3c(N4CCCc5cc(C#N)ccc54)nn(C4CCCCO4)c3n2)CC1. The van der Waals surface area contributed by atoms with E-state index in [-0.39, 0.29) is 17.7 Å². The number of nitrogens with one attached hydrogen (secondary N) is 1. The molecule has 2 fully saturated rings. The van der Waals surface area contributed by atoms with Crippen LogP contribution in [0.1, 0.15) is 83.6 Å². The monoisotopic (exact) mass is 586 g/mol. The summed E-state index contributed by atoms with van der Waals surface area (Å²) >= 11 is 0. The Labute approximate surface area is 253 Å². The molecule has 11 heteroatoms. The zero-order valence-electron chi connectivity index (χ0n) is 25.7. The zero-order valence-corrected chi connectivity index (χ0v) is 25.7. The van der Waals surface area contributed by atoms with Gasteiger partial charge in [-0.2, -0.15) is 5.26 Å². The number of anilines is 3. The van der Waals surface area contributed by atoms with Gasteiger partial charge in [-0.25, -0.2) is 19.4 Å². The number of amides is 1. The first-order valence-corrected chi connectivity index (χ1v) is 15.5. The van der Waals surface area contributed by atoms with Crippen LogP contribution in [-0.4, -0.2) is 64.2 Å². The molecule has 1 atom stereocenters. The average molecular weight is 587 g/mol. The Bertz CT molecular complexity index is 1520. The van der Waals surface area contributed by atoms with Gasteiger partial charge < -0.3 is 24.6 Å². The number of ether oxygens (including phenoxy) is 2. The zero-order chi connectivity index (χ0) is 30.2. The number of fused-ring (bicyclic) bond motifs is 2. The quantitative estimate of drug-likeness (QED) is 0.406. The molecular weight excluding hydrogens is 544 g/mol. The Morgan fingerprint density at radius 2 is 2.02 bits per heavy atom. The summed E-state index contributed by atoms with van der Waals surface area (Å²) in [5.74, 6) is 1.61. The number of benzene rings is 1. The summed E-state index contributed by atoms with van der Waals surface area (Å²) in [5.41, 5.74) is 3.86. The molecule has 2 aromatic heterocycles. The smallest absolute Gasteiger partial charge is 0.407 e. The van der Waals surface area contributed by atoms with Gasteiger partial charge in [0.2, 0.25) is 0 Å². The molecule has 2 saturated heterocycles. The summed E-state index contributed by atoms with van der Waals surface area (Å²) in [6.07, 6.45) is 8.06. The number of aromatic nitrogens is 4. The Morgan fingerprint density at radius 3 is 2.74 bits per heavy atom. The van der Waals surface area contributed by atoms with E-state index in [0.29, 0.717) is 18.7 Å². The molecule has 1 amide bonds. The van der Waals surface area contributed by atoms with Gasteiger partial charge in [-0.05, 0) is 94.9 Å². The molecule has 43 heavy (non-hydrogen) atoms. The van der Waals surface area contributed by atoms with Crippen LogP contribution in [0.3, 0.4) is 0 Å².